The summed E-state index contributed by atoms with van der Waals surface area (Å²) in [6, 6.07) is 9.36. The average Bonchev–Trinajstić information content (AvgIpc) is 2.97. The van der Waals surface area contributed by atoms with Crippen LogP contribution in [-0.4, -0.2) is 74.2 Å². The van der Waals surface area contributed by atoms with Gasteiger partial charge in [-0.15, -0.1) is 6.58 Å². The van der Waals surface area contributed by atoms with E-state index in [-0.39, 0.29) is 30.2 Å². The Morgan fingerprint density at radius 3 is 2.60 bits per heavy atom. The standard InChI is InChI=1S/C28H32N2O10/c1-5-13-36-24-17(2)40-28(34)21(15-37-27(33)20(24)14-19-9-7-6-8-10-19)30-26(32)23-25(39-16-38-18(3)31)22(35-4)11-12-29-23/h5-12,17,20-21,24H,1,13-16H2,2-4H3,(H,30,32)/t17-,20+,21-,24-/m0/s1. The van der Waals surface area contributed by atoms with Crippen molar-refractivity contribution in [3.05, 3.63) is 66.5 Å². The molecule has 1 N–H and O–H groups in total. The van der Waals surface area contributed by atoms with Crippen LogP contribution in [-0.2, 0) is 39.8 Å². The normalized spacial score (nSPS) is 21.0. The number of hydrogen-bond donors (Lipinski definition) is 1. The number of nitrogens with zero attached hydrogens (tertiary/aromatic N) is 1. The number of methoxy groups -OCH3 is 1. The lowest BCUT2D eigenvalue weighted by Gasteiger charge is -2.29. The van der Waals surface area contributed by atoms with E-state index in [2.05, 4.69) is 16.9 Å². The van der Waals surface area contributed by atoms with E-state index in [9.17, 15) is 19.2 Å². The molecule has 1 aromatic carbocycles. The zero-order chi connectivity index (χ0) is 29.1. The van der Waals surface area contributed by atoms with Crippen molar-refractivity contribution >= 4 is 23.8 Å². The zero-order valence-corrected chi connectivity index (χ0v) is 22.5. The molecule has 0 saturated carbocycles. The largest absolute Gasteiger partial charge is 0.493 e. The summed E-state index contributed by atoms with van der Waals surface area (Å²) in [5.74, 6) is -3.69. The average molecular weight is 557 g/mol. The first kappa shape index (κ1) is 30.1. The molecule has 2 aromatic rings. The van der Waals surface area contributed by atoms with Gasteiger partial charge in [0.25, 0.3) is 5.91 Å². The van der Waals surface area contributed by atoms with Crippen LogP contribution in [0.3, 0.4) is 0 Å². The van der Waals surface area contributed by atoms with Crippen LogP contribution in [0.2, 0.25) is 0 Å². The number of aromatic nitrogens is 1. The first-order chi connectivity index (χ1) is 19.2. The fourth-order valence-electron chi connectivity index (χ4n) is 4.02. The summed E-state index contributed by atoms with van der Waals surface area (Å²) in [6.07, 6.45) is 1.38. The van der Waals surface area contributed by atoms with Crippen LogP contribution in [0.1, 0.15) is 29.9 Å². The lowest BCUT2D eigenvalue weighted by Crippen LogP contribution is -2.46. The van der Waals surface area contributed by atoms with Crippen LogP contribution in [0.5, 0.6) is 11.5 Å². The molecule has 12 heteroatoms. The molecule has 1 aromatic heterocycles. The fourth-order valence-corrected chi connectivity index (χ4v) is 4.02. The molecule has 0 spiro atoms. The van der Waals surface area contributed by atoms with E-state index < -0.39 is 61.4 Å². The Morgan fingerprint density at radius 1 is 1.18 bits per heavy atom. The van der Waals surface area contributed by atoms with Crippen LogP contribution in [0.25, 0.3) is 0 Å². The number of nitrogens with one attached hydrogen (secondary N) is 1. The van der Waals surface area contributed by atoms with Crippen molar-refractivity contribution in [3.63, 3.8) is 0 Å². The van der Waals surface area contributed by atoms with E-state index in [0.717, 1.165) is 5.56 Å². The van der Waals surface area contributed by atoms with Gasteiger partial charge in [-0.3, -0.25) is 14.4 Å². The summed E-state index contributed by atoms with van der Waals surface area (Å²) >= 11 is 0. The van der Waals surface area contributed by atoms with Crippen LogP contribution in [0, 0.1) is 5.92 Å². The lowest BCUT2D eigenvalue weighted by molar-refractivity contribution is -0.163. The van der Waals surface area contributed by atoms with Gasteiger partial charge in [0.2, 0.25) is 6.79 Å². The highest BCUT2D eigenvalue weighted by Crippen LogP contribution is 2.30. The smallest absolute Gasteiger partial charge is 0.332 e. The maximum atomic E-state index is 13.3. The highest BCUT2D eigenvalue weighted by Gasteiger charge is 2.40. The predicted molar refractivity (Wildman–Crippen MR) is 139 cm³/mol. The minimum atomic E-state index is -1.37. The molecule has 214 valence electrons. The molecule has 12 nitrogen and oxygen atoms in total. The second kappa shape index (κ2) is 14.6. The second-order valence-corrected chi connectivity index (χ2v) is 8.77. The van der Waals surface area contributed by atoms with Gasteiger partial charge in [0, 0.05) is 19.2 Å². The maximum Gasteiger partial charge on any atom is 0.332 e. The third-order valence-corrected chi connectivity index (χ3v) is 5.92. The third kappa shape index (κ3) is 8.03. The Labute approximate surface area is 231 Å². The lowest BCUT2D eigenvalue weighted by atomic mass is 9.91. The van der Waals surface area contributed by atoms with Crippen molar-refractivity contribution in [1.29, 1.82) is 0 Å². The molecule has 0 unspecified atom stereocenters. The highest BCUT2D eigenvalue weighted by molar-refractivity contribution is 5.98. The molecule has 1 amide bonds. The molecule has 0 radical (unpaired) electrons. The predicted octanol–water partition coefficient (Wildman–Crippen LogP) is 2.01. The number of carbonyl (C=O) groups excluding carboxylic acids is 4. The Kier molecular flexibility index (Phi) is 11.0. The Bertz CT molecular complexity index is 1200. The van der Waals surface area contributed by atoms with Crippen LogP contribution < -0.4 is 14.8 Å². The zero-order valence-electron chi connectivity index (χ0n) is 22.5. The number of hydrogen-bond acceptors (Lipinski definition) is 11. The Balaban J connectivity index is 1.83. The van der Waals surface area contributed by atoms with E-state index >= 15 is 0 Å². The molecule has 0 aliphatic carbocycles. The van der Waals surface area contributed by atoms with Gasteiger partial charge in [0.15, 0.2) is 23.2 Å². The molecular weight excluding hydrogens is 524 g/mol. The highest BCUT2D eigenvalue weighted by atomic mass is 16.7. The summed E-state index contributed by atoms with van der Waals surface area (Å²) in [7, 11) is 1.35. The van der Waals surface area contributed by atoms with Gasteiger partial charge in [-0.2, -0.15) is 0 Å². The van der Waals surface area contributed by atoms with Gasteiger partial charge < -0.3 is 33.7 Å². The SMILES string of the molecule is C=CCO[C@H]1[C@H](C)OC(=O)[C@@H](NC(=O)c2nccc(OC)c2OCOC(C)=O)COC(=O)[C@@H]1Cc1ccccc1. The summed E-state index contributed by atoms with van der Waals surface area (Å²) in [6.45, 7) is 5.56. The summed E-state index contributed by atoms with van der Waals surface area (Å²) < 4.78 is 32.4. The van der Waals surface area contributed by atoms with Gasteiger partial charge in [0.05, 0.1) is 19.6 Å². The number of benzene rings is 1. The van der Waals surface area contributed by atoms with Gasteiger partial charge in [-0.1, -0.05) is 36.4 Å². The van der Waals surface area contributed by atoms with Gasteiger partial charge in [0.1, 0.15) is 18.8 Å². The second-order valence-electron chi connectivity index (χ2n) is 8.77. The number of amides is 1. The quantitative estimate of drug-likeness (QED) is 0.187. The summed E-state index contributed by atoms with van der Waals surface area (Å²) in [5.41, 5.74) is 0.609. The summed E-state index contributed by atoms with van der Waals surface area (Å²) in [4.78, 5) is 54.7. The van der Waals surface area contributed by atoms with Crippen molar-refractivity contribution < 1.29 is 47.6 Å². The van der Waals surface area contributed by atoms with Crippen LogP contribution >= 0.6 is 0 Å². The third-order valence-electron chi connectivity index (χ3n) is 5.92. The molecule has 1 fully saturated rings. The fraction of sp³-hybridized carbons (Fsp3) is 0.393. The van der Waals surface area contributed by atoms with Crippen molar-refractivity contribution in [1.82, 2.24) is 10.3 Å². The molecular formula is C28H32N2O10. The van der Waals surface area contributed by atoms with E-state index in [0.29, 0.717) is 0 Å². The molecule has 1 aliphatic rings. The maximum absolute atomic E-state index is 13.3. The number of ether oxygens (including phenoxy) is 6. The molecule has 3 rings (SSSR count). The van der Waals surface area contributed by atoms with E-state index in [4.69, 9.17) is 28.4 Å². The first-order valence-corrected chi connectivity index (χ1v) is 12.5. The molecule has 40 heavy (non-hydrogen) atoms. The van der Waals surface area contributed by atoms with Crippen LogP contribution in [0.4, 0.5) is 0 Å². The van der Waals surface area contributed by atoms with E-state index in [1.165, 1.54) is 32.4 Å². The minimum Gasteiger partial charge on any atom is -0.493 e. The number of pyridine rings is 1. The van der Waals surface area contributed by atoms with Gasteiger partial charge in [-0.25, -0.2) is 9.78 Å². The van der Waals surface area contributed by atoms with Gasteiger partial charge >= 0.3 is 17.9 Å². The molecule has 2 heterocycles. The summed E-state index contributed by atoms with van der Waals surface area (Å²) in [5, 5.41) is 2.48. The van der Waals surface area contributed by atoms with Crippen molar-refractivity contribution in [2.75, 3.05) is 27.1 Å². The van der Waals surface area contributed by atoms with Crippen LogP contribution in [0.15, 0.2) is 55.3 Å². The Hall–Kier alpha value is -4.45. The molecule has 1 aliphatic heterocycles. The number of cyclic esters (lactones) is 2. The van der Waals surface area contributed by atoms with Crippen molar-refractivity contribution in [3.8, 4) is 11.5 Å². The van der Waals surface area contributed by atoms with Crippen molar-refractivity contribution in [2.45, 2.75) is 38.5 Å². The monoisotopic (exact) mass is 556 g/mol. The van der Waals surface area contributed by atoms with E-state index in [1.54, 1.807) is 6.92 Å². The first-order valence-electron chi connectivity index (χ1n) is 12.5. The minimum absolute atomic E-state index is 0.114. The van der Waals surface area contributed by atoms with Gasteiger partial charge in [-0.05, 0) is 18.9 Å². The number of carbonyl (C=O) groups is 4. The van der Waals surface area contributed by atoms with Crippen molar-refractivity contribution in [2.24, 2.45) is 5.92 Å². The Morgan fingerprint density at radius 2 is 1.93 bits per heavy atom. The molecule has 0 bridgehead atoms. The molecule has 4 atom stereocenters. The number of rotatable bonds is 11. The number of esters is 3. The molecule has 1 saturated heterocycles. The topological polar surface area (TPSA) is 149 Å². The van der Waals surface area contributed by atoms with E-state index in [1.807, 2.05) is 30.3 Å².